The highest BCUT2D eigenvalue weighted by Gasteiger charge is 2.47. The molecule has 2 aromatic carbocycles. The summed E-state index contributed by atoms with van der Waals surface area (Å²) in [6, 6.07) is 15.6. The van der Waals surface area contributed by atoms with Crippen LogP contribution in [0.4, 0.5) is 5.82 Å². The standard InChI is InChI=1S/C22H21N3O3/c1-27-17-6-4-5-16(13-17)25-14-20(23-15-25)24-11-9-22(10-12-24)19-8-3-2-7-18(19)21(26)28-22/h2-8,13-15H,9-12H2,1H3. The normalized spacial score (nSPS) is 17.5. The highest BCUT2D eigenvalue weighted by Crippen LogP contribution is 2.44. The molecule has 0 aliphatic carbocycles. The molecule has 2 aliphatic heterocycles. The molecule has 5 rings (SSSR count). The first-order valence-electron chi connectivity index (χ1n) is 9.45. The number of carbonyl (C=O) groups is 1. The number of ether oxygens (including phenoxy) is 2. The van der Waals surface area contributed by atoms with Gasteiger partial charge in [-0.15, -0.1) is 0 Å². The number of esters is 1. The van der Waals surface area contributed by atoms with Gasteiger partial charge < -0.3 is 18.9 Å². The lowest BCUT2D eigenvalue weighted by molar-refractivity contribution is -0.0211. The van der Waals surface area contributed by atoms with Crippen molar-refractivity contribution in [3.8, 4) is 11.4 Å². The fraction of sp³-hybridized carbons (Fsp3) is 0.273. The Hall–Kier alpha value is -3.28. The fourth-order valence-corrected chi connectivity index (χ4v) is 4.20. The second-order valence-electron chi connectivity index (χ2n) is 7.26. The van der Waals surface area contributed by atoms with Crippen molar-refractivity contribution in [1.82, 2.24) is 9.55 Å². The van der Waals surface area contributed by atoms with Crippen LogP contribution in [-0.2, 0) is 10.3 Å². The number of nitrogens with zero attached hydrogens (tertiary/aromatic N) is 3. The average Bonchev–Trinajstić information content (AvgIpc) is 3.33. The number of hydrogen-bond acceptors (Lipinski definition) is 5. The molecule has 2 aliphatic rings. The van der Waals surface area contributed by atoms with Gasteiger partial charge in [-0.2, -0.15) is 0 Å². The first kappa shape index (κ1) is 16.9. The van der Waals surface area contributed by atoms with Crippen molar-refractivity contribution in [2.24, 2.45) is 0 Å². The van der Waals surface area contributed by atoms with Gasteiger partial charge in [0.25, 0.3) is 0 Å². The molecule has 0 bridgehead atoms. The quantitative estimate of drug-likeness (QED) is 0.656. The summed E-state index contributed by atoms with van der Waals surface area (Å²) in [6.45, 7) is 1.58. The third kappa shape index (κ3) is 2.64. The molecule has 0 saturated carbocycles. The summed E-state index contributed by atoms with van der Waals surface area (Å²) < 4.78 is 13.1. The SMILES string of the molecule is COc1cccc(-n2cnc(N3CCC4(CC3)OC(=O)c3ccccc34)c2)c1. The second-order valence-corrected chi connectivity index (χ2v) is 7.26. The zero-order chi connectivity index (χ0) is 19.1. The molecule has 1 aromatic heterocycles. The first-order chi connectivity index (χ1) is 13.7. The number of carbonyl (C=O) groups excluding carboxylic acids is 1. The van der Waals surface area contributed by atoms with Crippen molar-refractivity contribution in [3.05, 3.63) is 72.2 Å². The monoisotopic (exact) mass is 375 g/mol. The topological polar surface area (TPSA) is 56.6 Å². The van der Waals surface area contributed by atoms with Crippen molar-refractivity contribution in [3.63, 3.8) is 0 Å². The van der Waals surface area contributed by atoms with Gasteiger partial charge in [0.1, 0.15) is 23.5 Å². The van der Waals surface area contributed by atoms with Crippen molar-refractivity contribution in [2.75, 3.05) is 25.1 Å². The maximum absolute atomic E-state index is 12.2. The Bertz CT molecular complexity index is 1030. The molecule has 142 valence electrons. The summed E-state index contributed by atoms with van der Waals surface area (Å²) >= 11 is 0. The minimum absolute atomic E-state index is 0.202. The molecule has 6 nitrogen and oxygen atoms in total. The second kappa shape index (κ2) is 6.41. The predicted octanol–water partition coefficient (Wildman–Crippen LogP) is 3.55. The van der Waals surface area contributed by atoms with Crippen LogP contribution in [0.3, 0.4) is 0 Å². The van der Waals surface area contributed by atoms with E-state index in [2.05, 4.69) is 9.88 Å². The van der Waals surface area contributed by atoms with E-state index in [0.29, 0.717) is 5.56 Å². The van der Waals surface area contributed by atoms with Crippen molar-refractivity contribution in [2.45, 2.75) is 18.4 Å². The Labute approximate surface area is 163 Å². The van der Waals surface area contributed by atoms with Crippen LogP contribution in [0.15, 0.2) is 61.1 Å². The maximum atomic E-state index is 12.2. The van der Waals surface area contributed by atoms with Gasteiger partial charge in [0.05, 0.1) is 24.6 Å². The van der Waals surface area contributed by atoms with E-state index < -0.39 is 5.60 Å². The highest BCUT2D eigenvalue weighted by molar-refractivity contribution is 5.94. The average molecular weight is 375 g/mol. The fourth-order valence-electron chi connectivity index (χ4n) is 4.20. The molecule has 0 unspecified atom stereocenters. The molecule has 3 aromatic rings. The lowest BCUT2D eigenvalue weighted by Gasteiger charge is -2.38. The molecule has 0 atom stereocenters. The van der Waals surface area contributed by atoms with Gasteiger partial charge in [0.15, 0.2) is 0 Å². The number of piperidine rings is 1. The third-order valence-corrected chi connectivity index (χ3v) is 5.74. The Morgan fingerprint density at radius 2 is 1.93 bits per heavy atom. The number of fused-ring (bicyclic) bond motifs is 2. The summed E-state index contributed by atoms with van der Waals surface area (Å²) in [5.74, 6) is 1.54. The summed E-state index contributed by atoms with van der Waals surface area (Å²) in [6.07, 6.45) is 5.38. The minimum Gasteiger partial charge on any atom is -0.497 e. The van der Waals surface area contributed by atoms with Gasteiger partial charge in [-0.25, -0.2) is 9.78 Å². The molecule has 0 radical (unpaired) electrons. The van der Waals surface area contributed by atoms with E-state index in [1.54, 1.807) is 7.11 Å². The molecule has 0 N–H and O–H groups in total. The number of aromatic nitrogens is 2. The van der Waals surface area contributed by atoms with Crippen molar-refractivity contribution < 1.29 is 14.3 Å². The maximum Gasteiger partial charge on any atom is 0.339 e. The molecule has 3 heterocycles. The predicted molar refractivity (Wildman–Crippen MR) is 105 cm³/mol. The molecule has 6 heteroatoms. The largest absolute Gasteiger partial charge is 0.497 e. The van der Waals surface area contributed by atoms with Crippen LogP contribution in [0.1, 0.15) is 28.8 Å². The molecule has 1 fully saturated rings. The van der Waals surface area contributed by atoms with E-state index >= 15 is 0 Å². The minimum atomic E-state index is -0.487. The van der Waals surface area contributed by atoms with Crippen LogP contribution >= 0.6 is 0 Å². The van der Waals surface area contributed by atoms with Crippen LogP contribution in [0.25, 0.3) is 5.69 Å². The van der Waals surface area contributed by atoms with E-state index in [9.17, 15) is 4.79 Å². The Kier molecular flexibility index (Phi) is 3.86. The summed E-state index contributed by atoms with van der Waals surface area (Å²) in [5.41, 5.74) is 2.25. The molecular weight excluding hydrogens is 354 g/mol. The van der Waals surface area contributed by atoms with Gasteiger partial charge in [-0.05, 0) is 18.2 Å². The zero-order valence-electron chi connectivity index (χ0n) is 15.7. The highest BCUT2D eigenvalue weighted by atomic mass is 16.6. The van der Waals surface area contributed by atoms with Crippen LogP contribution in [0, 0.1) is 0 Å². The lowest BCUT2D eigenvalue weighted by atomic mass is 9.84. The van der Waals surface area contributed by atoms with Crippen LogP contribution in [0.2, 0.25) is 0 Å². The number of anilines is 1. The first-order valence-corrected chi connectivity index (χ1v) is 9.45. The number of benzene rings is 2. The van der Waals surface area contributed by atoms with E-state index in [1.165, 1.54) is 0 Å². The van der Waals surface area contributed by atoms with Gasteiger partial charge >= 0.3 is 5.97 Å². The van der Waals surface area contributed by atoms with Gasteiger partial charge in [-0.1, -0.05) is 24.3 Å². The zero-order valence-corrected chi connectivity index (χ0v) is 15.7. The van der Waals surface area contributed by atoms with Crippen molar-refractivity contribution >= 4 is 11.8 Å². The van der Waals surface area contributed by atoms with Gasteiger partial charge in [0.2, 0.25) is 0 Å². The van der Waals surface area contributed by atoms with Gasteiger partial charge in [0, 0.05) is 37.6 Å². The third-order valence-electron chi connectivity index (χ3n) is 5.74. The number of methoxy groups -OCH3 is 1. The Morgan fingerprint density at radius 1 is 1.11 bits per heavy atom. The van der Waals surface area contributed by atoms with Crippen molar-refractivity contribution in [1.29, 1.82) is 0 Å². The van der Waals surface area contributed by atoms with Crippen LogP contribution in [-0.4, -0.2) is 35.7 Å². The Morgan fingerprint density at radius 3 is 2.75 bits per heavy atom. The molecule has 0 amide bonds. The molecule has 1 saturated heterocycles. The van der Waals surface area contributed by atoms with E-state index in [0.717, 1.165) is 48.7 Å². The van der Waals surface area contributed by atoms with E-state index in [1.807, 2.05) is 65.6 Å². The lowest BCUT2D eigenvalue weighted by Crippen LogP contribution is -2.43. The Balaban J connectivity index is 1.34. The van der Waals surface area contributed by atoms with E-state index in [-0.39, 0.29) is 5.97 Å². The molecule has 28 heavy (non-hydrogen) atoms. The number of rotatable bonds is 3. The molecular formula is C22H21N3O3. The summed E-state index contributed by atoms with van der Waals surface area (Å²) in [5, 5.41) is 0. The van der Waals surface area contributed by atoms with Gasteiger partial charge in [-0.3, -0.25) is 0 Å². The van der Waals surface area contributed by atoms with Crippen LogP contribution in [0.5, 0.6) is 5.75 Å². The number of hydrogen-bond donors (Lipinski definition) is 0. The smallest absolute Gasteiger partial charge is 0.339 e. The summed E-state index contributed by atoms with van der Waals surface area (Å²) in [7, 11) is 1.66. The summed E-state index contributed by atoms with van der Waals surface area (Å²) in [4.78, 5) is 19.1. The van der Waals surface area contributed by atoms with Crippen LogP contribution < -0.4 is 9.64 Å². The number of imidazole rings is 1. The van der Waals surface area contributed by atoms with E-state index in [4.69, 9.17) is 9.47 Å². The molecule has 1 spiro atoms.